The highest BCUT2D eigenvalue weighted by Gasteiger charge is 2.12. The summed E-state index contributed by atoms with van der Waals surface area (Å²) >= 11 is 6.15. The molecular formula is C15H15ClN2O3. The minimum absolute atomic E-state index is 0.148. The smallest absolute Gasteiger partial charge is 0.337 e. The van der Waals surface area contributed by atoms with Crippen molar-refractivity contribution in [3.63, 3.8) is 0 Å². The lowest BCUT2D eigenvalue weighted by molar-refractivity contribution is 0.0698. The molecule has 2 aromatic rings. The third kappa shape index (κ3) is 3.38. The molecule has 4 N–H and O–H groups in total. The molecule has 0 aliphatic carbocycles. The monoisotopic (exact) mass is 306 g/mol. The van der Waals surface area contributed by atoms with Gasteiger partial charge >= 0.3 is 5.97 Å². The lowest BCUT2D eigenvalue weighted by Gasteiger charge is -2.14. The predicted molar refractivity (Wildman–Crippen MR) is 83.1 cm³/mol. The number of halogens is 1. The van der Waals surface area contributed by atoms with Gasteiger partial charge in [0.25, 0.3) is 0 Å². The van der Waals surface area contributed by atoms with Gasteiger partial charge in [-0.25, -0.2) is 4.79 Å². The molecule has 0 amide bonds. The second-order valence-electron chi connectivity index (χ2n) is 4.38. The van der Waals surface area contributed by atoms with Crippen molar-refractivity contribution in [1.82, 2.24) is 0 Å². The average molecular weight is 307 g/mol. The standard InChI is InChI=1S/C15H15ClN2O3/c1-21-14-4-2-3-12(16)11(14)8-18-13-7-9(17)5-6-10(13)15(19)20/h2-7,18H,8,17H2,1H3,(H,19,20). The summed E-state index contributed by atoms with van der Waals surface area (Å²) in [5.74, 6) is -0.389. The molecule has 6 heteroatoms. The molecule has 2 rings (SSSR count). The normalized spacial score (nSPS) is 10.2. The number of ether oxygens (including phenoxy) is 1. The second kappa shape index (κ2) is 6.37. The number of carboxylic acid groups (broad SMARTS) is 1. The first-order chi connectivity index (χ1) is 10.0. The van der Waals surface area contributed by atoms with Crippen LogP contribution in [0.1, 0.15) is 15.9 Å². The lowest BCUT2D eigenvalue weighted by atomic mass is 10.1. The molecule has 2 aromatic carbocycles. The summed E-state index contributed by atoms with van der Waals surface area (Å²) < 4.78 is 5.25. The fraction of sp³-hybridized carbons (Fsp3) is 0.133. The largest absolute Gasteiger partial charge is 0.496 e. The van der Waals surface area contributed by atoms with E-state index in [9.17, 15) is 9.90 Å². The number of hydrogen-bond donors (Lipinski definition) is 3. The molecule has 0 spiro atoms. The molecule has 0 unspecified atom stereocenters. The quantitative estimate of drug-likeness (QED) is 0.738. The Morgan fingerprint density at radius 2 is 2.14 bits per heavy atom. The van der Waals surface area contributed by atoms with Crippen LogP contribution in [-0.2, 0) is 6.54 Å². The number of nitrogen functional groups attached to an aromatic ring is 1. The van der Waals surface area contributed by atoms with Crippen LogP contribution in [0.5, 0.6) is 5.75 Å². The van der Waals surface area contributed by atoms with Crippen LogP contribution in [0.3, 0.4) is 0 Å². The molecule has 0 fully saturated rings. The molecule has 21 heavy (non-hydrogen) atoms. The van der Waals surface area contributed by atoms with Gasteiger partial charge in [-0.15, -0.1) is 0 Å². The van der Waals surface area contributed by atoms with Gasteiger partial charge in [0.1, 0.15) is 5.75 Å². The van der Waals surface area contributed by atoms with Crippen LogP contribution in [0.25, 0.3) is 0 Å². The van der Waals surface area contributed by atoms with Crippen molar-refractivity contribution < 1.29 is 14.6 Å². The zero-order valence-electron chi connectivity index (χ0n) is 11.4. The number of nitrogens with two attached hydrogens (primary N) is 1. The van der Waals surface area contributed by atoms with Gasteiger partial charge in [-0.2, -0.15) is 0 Å². The second-order valence-corrected chi connectivity index (χ2v) is 4.79. The van der Waals surface area contributed by atoms with Crippen molar-refractivity contribution in [2.24, 2.45) is 0 Å². The molecule has 5 nitrogen and oxygen atoms in total. The van der Waals surface area contributed by atoms with Gasteiger partial charge in [0.05, 0.1) is 18.4 Å². The van der Waals surface area contributed by atoms with E-state index in [0.717, 1.165) is 5.56 Å². The summed E-state index contributed by atoms with van der Waals surface area (Å²) in [7, 11) is 1.55. The molecular weight excluding hydrogens is 292 g/mol. The number of methoxy groups -OCH3 is 1. The number of benzene rings is 2. The maximum atomic E-state index is 11.2. The van der Waals surface area contributed by atoms with Gasteiger partial charge < -0.3 is 20.9 Å². The molecule has 0 atom stereocenters. The van der Waals surface area contributed by atoms with Gasteiger partial charge in [0.15, 0.2) is 0 Å². The van der Waals surface area contributed by atoms with Crippen LogP contribution in [0, 0.1) is 0 Å². The van der Waals surface area contributed by atoms with E-state index in [-0.39, 0.29) is 5.56 Å². The lowest BCUT2D eigenvalue weighted by Crippen LogP contribution is -2.08. The number of nitrogens with one attached hydrogen (secondary N) is 1. The van der Waals surface area contributed by atoms with Crippen molar-refractivity contribution in [2.75, 3.05) is 18.2 Å². The topological polar surface area (TPSA) is 84.6 Å². The van der Waals surface area contributed by atoms with Crippen LogP contribution < -0.4 is 15.8 Å². The Morgan fingerprint density at radius 1 is 1.38 bits per heavy atom. The van der Waals surface area contributed by atoms with E-state index in [4.69, 9.17) is 22.1 Å². The first kappa shape index (κ1) is 15.0. The van der Waals surface area contributed by atoms with Gasteiger partial charge in [-0.05, 0) is 30.3 Å². The first-order valence-electron chi connectivity index (χ1n) is 6.21. The molecule has 0 radical (unpaired) electrons. The van der Waals surface area contributed by atoms with Crippen LogP contribution in [0.15, 0.2) is 36.4 Å². The van der Waals surface area contributed by atoms with Crippen molar-refractivity contribution in [1.29, 1.82) is 0 Å². The Kier molecular flexibility index (Phi) is 4.55. The summed E-state index contributed by atoms with van der Waals surface area (Å²) in [6, 6.07) is 9.91. The number of rotatable bonds is 5. The van der Waals surface area contributed by atoms with E-state index >= 15 is 0 Å². The number of carbonyl (C=O) groups is 1. The van der Waals surface area contributed by atoms with E-state index < -0.39 is 5.97 Å². The number of carboxylic acids is 1. The Hall–Kier alpha value is -2.40. The zero-order valence-corrected chi connectivity index (χ0v) is 12.1. The number of hydrogen-bond acceptors (Lipinski definition) is 4. The summed E-state index contributed by atoms with van der Waals surface area (Å²) in [5, 5.41) is 12.8. The van der Waals surface area contributed by atoms with Crippen LogP contribution in [-0.4, -0.2) is 18.2 Å². The van der Waals surface area contributed by atoms with E-state index in [1.54, 1.807) is 37.4 Å². The van der Waals surface area contributed by atoms with Gasteiger partial charge in [0.2, 0.25) is 0 Å². The average Bonchev–Trinajstić information content (AvgIpc) is 2.45. The molecule has 0 aliphatic rings. The Labute approximate surface area is 127 Å². The van der Waals surface area contributed by atoms with E-state index in [2.05, 4.69) is 5.32 Å². The highest BCUT2D eigenvalue weighted by Crippen LogP contribution is 2.28. The molecule has 0 heterocycles. The summed E-state index contributed by atoms with van der Waals surface area (Å²) in [4.78, 5) is 11.2. The van der Waals surface area contributed by atoms with E-state index in [1.807, 2.05) is 0 Å². The minimum Gasteiger partial charge on any atom is -0.496 e. The predicted octanol–water partition coefficient (Wildman–Crippen LogP) is 3.24. The van der Waals surface area contributed by atoms with Crippen molar-refractivity contribution in [3.05, 3.63) is 52.5 Å². The maximum absolute atomic E-state index is 11.2. The van der Waals surface area contributed by atoms with E-state index in [0.29, 0.717) is 28.7 Å². The van der Waals surface area contributed by atoms with E-state index in [1.165, 1.54) is 6.07 Å². The maximum Gasteiger partial charge on any atom is 0.337 e. The summed E-state index contributed by atoms with van der Waals surface area (Å²) in [6.07, 6.45) is 0. The van der Waals surface area contributed by atoms with Crippen LogP contribution in [0.2, 0.25) is 5.02 Å². The zero-order chi connectivity index (χ0) is 15.4. The fourth-order valence-corrected chi connectivity index (χ4v) is 2.21. The summed E-state index contributed by atoms with van der Waals surface area (Å²) in [5.41, 5.74) is 7.51. The van der Waals surface area contributed by atoms with Gasteiger partial charge in [0, 0.05) is 22.8 Å². The SMILES string of the molecule is COc1cccc(Cl)c1CNc1cc(N)ccc1C(=O)O. The Bertz CT molecular complexity index is 674. The molecule has 0 aromatic heterocycles. The molecule has 110 valence electrons. The van der Waals surface area contributed by atoms with Gasteiger partial charge in [-0.1, -0.05) is 17.7 Å². The number of aromatic carboxylic acids is 1. The highest BCUT2D eigenvalue weighted by molar-refractivity contribution is 6.31. The van der Waals surface area contributed by atoms with Crippen LogP contribution in [0.4, 0.5) is 11.4 Å². The fourth-order valence-electron chi connectivity index (χ4n) is 1.98. The van der Waals surface area contributed by atoms with Crippen molar-refractivity contribution in [3.8, 4) is 5.75 Å². The Balaban J connectivity index is 2.28. The molecule has 0 saturated heterocycles. The van der Waals surface area contributed by atoms with Crippen molar-refractivity contribution in [2.45, 2.75) is 6.54 Å². The molecule has 0 bridgehead atoms. The first-order valence-corrected chi connectivity index (χ1v) is 6.58. The Morgan fingerprint density at radius 3 is 2.81 bits per heavy atom. The third-order valence-electron chi connectivity index (χ3n) is 3.03. The molecule has 0 aliphatic heterocycles. The third-order valence-corrected chi connectivity index (χ3v) is 3.38. The molecule has 0 saturated carbocycles. The van der Waals surface area contributed by atoms with Crippen LogP contribution >= 0.6 is 11.6 Å². The summed E-state index contributed by atoms with van der Waals surface area (Å²) in [6.45, 7) is 0.326. The number of anilines is 2. The van der Waals surface area contributed by atoms with Gasteiger partial charge in [-0.3, -0.25) is 0 Å². The van der Waals surface area contributed by atoms with Crippen molar-refractivity contribution >= 4 is 28.9 Å². The highest BCUT2D eigenvalue weighted by atomic mass is 35.5. The minimum atomic E-state index is -1.02.